The number of aromatic nitrogens is 1. The molecule has 5 heteroatoms. The average molecular weight is 426 g/mol. The van der Waals surface area contributed by atoms with Gasteiger partial charge in [0.25, 0.3) is 0 Å². The molecule has 0 aliphatic carbocycles. The molecule has 0 atom stereocenters. The summed E-state index contributed by atoms with van der Waals surface area (Å²) in [6, 6.07) is 18.1. The number of para-hydroxylation sites is 1. The zero-order chi connectivity index (χ0) is 22.2. The van der Waals surface area contributed by atoms with Crippen LogP contribution in [-0.2, 0) is 4.79 Å². The molecule has 1 fully saturated rings. The first-order chi connectivity index (χ1) is 15.5. The third-order valence-corrected chi connectivity index (χ3v) is 6.05. The number of hydrogen-bond acceptors (Lipinski definition) is 4. The molecule has 0 spiro atoms. The Bertz CT molecular complexity index is 1320. The lowest BCUT2D eigenvalue weighted by atomic mass is 9.96. The van der Waals surface area contributed by atoms with Crippen molar-refractivity contribution in [2.24, 2.45) is 0 Å². The third kappa shape index (κ3) is 3.71. The Morgan fingerprint density at radius 2 is 1.72 bits per heavy atom. The molecule has 4 nitrogen and oxygen atoms in total. The van der Waals surface area contributed by atoms with Gasteiger partial charge in [-0.15, -0.1) is 0 Å². The number of benzene rings is 3. The van der Waals surface area contributed by atoms with Crippen molar-refractivity contribution in [1.82, 2.24) is 4.98 Å². The standard InChI is InChI=1S/C27H23FN2O2/c1-17-12-19(14-20(28)13-17)24-16-29-25-7-6-18(22-4-2-3-5-26(22)32)15-23(25)27(24)30-10-8-21(31)9-11-30/h2-7,12-16,32H,8-11H2,1H3. The molecule has 1 aliphatic heterocycles. The summed E-state index contributed by atoms with van der Waals surface area (Å²) in [6.07, 6.45) is 2.77. The maximum absolute atomic E-state index is 14.3. The second-order valence-corrected chi connectivity index (χ2v) is 8.31. The molecule has 1 aliphatic rings. The molecule has 4 aromatic rings. The number of halogens is 1. The molecule has 2 heterocycles. The van der Waals surface area contributed by atoms with Gasteiger partial charge in [-0.1, -0.05) is 30.3 Å². The topological polar surface area (TPSA) is 53.4 Å². The van der Waals surface area contributed by atoms with E-state index in [4.69, 9.17) is 0 Å². The summed E-state index contributed by atoms with van der Waals surface area (Å²) >= 11 is 0. The molecule has 5 rings (SSSR count). The summed E-state index contributed by atoms with van der Waals surface area (Å²) in [5.74, 6) is 0.183. The lowest BCUT2D eigenvalue weighted by Crippen LogP contribution is -2.34. The molecular weight excluding hydrogens is 403 g/mol. The van der Waals surface area contributed by atoms with Gasteiger partial charge in [0.05, 0.1) is 11.2 Å². The number of anilines is 1. The molecule has 0 amide bonds. The number of carbonyl (C=O) groups excluding carboxylic acids is 1. The van der Waals surface area contributed by atoms with E-state index in [9.17, 15) is 14.3 Å². The monoisotopic (exact) mass is 426 g/mol. The summed E-state index contributed by atoms with van der Waals surface area (Å²) in [5.41, 5.74) is 5.81. The van der Waals surface area contributed by atoms with Crippen molar-refractivity contribution in [3.8, 4) is 28.0 Å². The minimum Gasteiger partial charge on any atom is -0.507 e. The highest BCUT2D eigenvalue weighted by Crippen LogP contribution is 2.40. The number of fused-ring (bicyclic) bond motifs is 1. The summed E-state index contributed by atoms with van der Waals surface area (Å²) in [7, 11) is 0. The van der Waals surface area contributed by atoms with E-state index in [2.05, 4.69) is 9.88 Å². The van der Waals surface area contributed by atoms with Crippen LogP contribution in [0.4, 0.5) is 10.1 Å². The maximum atomic E-state index is 14.3. The van der Waals surface area contributed by atoms with Crippen molar-refractivity contribution in [1.29, 1.82) is 0 Å². The number of carbonyl (C=O) groups is 1. The number of ketones is 1. The van der Waals surface area contributed by atoms with Gasteiger partial charge in [0.1, 0.15) is 17.3 Å². The highest BCUT2D eigenvalue weighted by Gasteiger charge is 2.23. The van der Waals surface area contributed by atoms with Crippen molar-refractivity contribution in [2.75, 3.05) is 18.0 Å². The Morgan fingerprint density at radius 3 is 2.47 bits per heavy atom. The Labute approximate surface area is 186 Å². The number of phenols is 1. The lowest BCUT2D eigenvalue weighted by Gasteiger charge is -2.31. The number of rotatable bonds is 3. The summed E-state index contributed by atoms with van der Waals surface area (Å²) in [6.45, 7) is 3.09. The highest BCUT2D eigenvalue weighted by atomic mass is 19.1. The molecule has 0 bridgehead atoms. The van der Waals surface area contributed by atoms with E-state index in [0.29, 0.717) is 25.9 Å². The molecule has 1 N–H and O–H groups in total. The fourth-order valence-corrected chi connectivity index (χ4v) is 4.49. The first-order valence-electron chi connectivity index (χ1n) is 10.7. The van der Waals surface area contributed by atoms with E-state index in [1.165, 1.54) is 12.1 Å². The van der Waals surface area contributed by atoms with Gasteiger partial charge in [-0.2, -0.15) is 0 Å². The van der Waals surface area contributed by atoms with Crippen LogP contribution in [0.15, 0.2) is 66.9 Å². The number of Topliss-reactive ketones (excluding diaryl/α,β-unsaturated/α-hetero) is 1. The van der Waals surface area contributed by atoms with Crippen molar-refractivity contribution >= 4 is 22.4 Å². The van der Waals surface area contributed by atoms with Crippen LogP contribution in [-0.4, -0.2) is 29.0 Å². The van der Waals surface area contributed by atoms with Crippen LogP contribution in [0.2, 0.25) is 0 Å². The van der Waals surface area contributed by atoms with Gasteiger partial charge in [0.2, 0.25) is 0 Å². The Morgan fingerprint density at radius 1 is 0.938 bits per heavy atom. The minimum atomic E-state index is -0.289. The molecule has 1 saturated heterocycles. The Kier molecular flexibility index (Phi) is 5.10. The van der Waals surface area contributed by atoms with Gasteiger partial charge in [-0.25, -0.2) is 4.39 Å². The van der Waals surface area contributed by atoms with Crippen LogP contribution in [0.1, 0.15) is 18.4 Å². The first kappa shape index (κ1) is 20.2. The van der Waals surface area contributed by atoms with E-state index in [-0.39, 0.29) is 17.3 Å². The number of pyridine rings is 1. The van der Waals surface area contributed by atoms with Gasteiger partial charge in [0.15, 0.2) is 0 Å². The van der Waals surface area contributed by atoms with E-state index in [0.717, 1.165) is 44.4 Å². The fourth-order valence-electron chi connectivity index (χ4n) is 4.49. The van der Waals surface area contributed by atoms with Crippen LogP contribution in [0.25, 0.3) is 33.2 Å². The highest BCUT2D eigenvalue weighted by molar-refractivity contribution is 6.02. The van der Waals surface area contributed by atoms with Gasteiger partial charge >= 0.3 is 0 Å². The molecule has 0 unspecified atom stereocenters. The number of piperidine rings is 1. The van der Waals surface area contributed by atoms with Crippen LogP contribution < -0.4 is 4.90 Å². The zero-order valence-electron chi connectivity index (χ0n) is 17.8. The first-order valence-corrected chi connectivity index (χ1v) is 10.7. The van der Waals surface area contributed by atoms with E-state index >= 15 is 0 Å². The fraction of sp³-hybridized carbons (Fsp3) is 0.185. The van der Waals surface area contributed by atoms with Gasteiger partial charge in [-0.05, 0) is 53.9 Å². The number of aromatic hydroxyl groups is 1. The third-order valence-electron chi connectivity index (χ3n) is 6.05. The Hall–Kier alpha value is -3.73. The molecule has 1 aromatic heterocycles. The van der Waals surface area contributed by atoms with Crippen LogP contribution in [0, 0.1) is 12.7 Å². The van der Waals surface area contributed by atoms with Crippen LogP contribution in [0.5, 0.6) is 5.75 Å². The van der Waals surface area contributed by atoms with Crippen molar-refractivity contribution in [3.05, 3.63) is 78.2 Å². The largest absolute Gasteiger partial charge is 0.507 e. The quantitative estimate of drug-likeness (QED) is 0.444. The molecule has 0 radical (unpaired) electrons. The Balaban J connectivity index is 1.77. The molecule has 32 heavy (non-hydrogen) atoms. The van der Waals surface area contributed by atoms with E-state index in [1.807, 2.05) is 43.3 Å². The average Bonchev–Trinajstić information content (AvgIpc) is 2.78. The number of hydrogen-bond donors (Lipinski definition) is 1. The number of nitrogens with zero attached hydrogens (tertiary/aromatic N) is 2. The van der Waals surface area contributed by atoms with Gasteiger partial charge in [0, 0.05) is 48.6 Å². The van der Waals surface area contributed by atoms with Crippen molar-refractivity contribution < 1.29 is 14.3 Å². The van der Waals surface area contributed by atoms with Gasteiger partial charge < -0.3 is 10.0 Å². The summed E-state index contributed by atoms with van der Waals surface area (Å²) in [5, 5.41) is 11.3. The zero-order valence-corrected chi connectivity index (χ0v) is 17.8. The molecule has 0 saturated carbocycles. The minimum absolute atomic E-state index is 0.210. The normalized spacial score (nSPS) is 14.2. The second kappa shape index (κ2) is 8.08. The van der Waals surface area contributed by atoms with Crippen molar-refractivity contribution in [3.63, 3.8) is 0 Å². The lowest BCUT2D eigenvalue weighted by molar-refractivity contribution is -0.119. The molecular formula is C27H23FN2O2. The smallest absolute Gasteiger partial charge is 0.136 e. The SMILES string of the molecule is Cc1cc(F)cc(-c2cnc3ccc(-c4ccccc4O)cc3c2N2CCC(=O)CC2)c1. The summed E-state index contributed by atoms with van der Waals surface area (Å²) in [4.78, 5) is 18.8. The van der Waals surface area contributed by atoms with Crippen LogP contribution in [0.3, 0.4) is 0 Å². The van der Waals surface area contributed by atoms with Crippen LogP contribution >= 0.6 is 0 Å². The van der Waals surface area contributed by atoms with Crippen molar-refractivity contribution in [2.45, 2.75) is 19.8 Å². The van der Waals surface area contributed by atoms with E-state index < -0.39 is 0 Å². The number of phenolic OH excluding ortho intramolecular Hbond substituents is 1. The van der Waals surface area contributed by atoms with E-state index in [1.54, 1.807) is 18.3 Å². The predicted molar refractivity (Wildman–Crippen MR) is 125 cm³/mol. The number of aryl methyl sites for hydroxylation is 1. The second-order valence-electron chi connectivity index (χ2n) is 8.31. The molecule has 160 valence electrons. The maximum Gasteiger partial charge on any atom is 0.136 e. The summed E-state index contributed by atoms with van der Waals surface area (Å²) < 4.78 is 14.3. The van der Waals surface area contributed by atoms with Gasteiger partial charge in [-0.3, -0.25) is 9.78 Å². The predicted octanol–water partition coefficient (Wildman–Crippen LogP) is 5.89. The molecule has 3 aromatic carbocycles.